The van der Waals surface area contributed by atoms with E-state index in [0.717, 1.165) is 11.8 Å². The minimum absolute atomic E-state index is 0.0719. The molecule has 2 aromatic rings. The first-order valence-corrected chi connectivity index (χ1v) is 7.31. The maximum absolute atomic E-state index is 13.4. The number of hydrogen-bond donors (Lipinski definition) is 2. The zero-order chi connectivity index (χ0) is 15.9. The van der Waals surface area contributed by atoms with Crippen molar-refractivity contribution in [1.29, 1.82) is 0 Å². The molecule has 114 valence electrons. The number of carbonyl (C=O) groups excluding carboxylic acids is 2. The number of amides is 2. The summed E-state index contributed by atoms with van der Waals surface area (Å²) in [6.45, 7) is 1.37. The molecule has 2 rings (SSSR count). The number of aromatic nitrogens is 2. The number of rotatable bonds is 5. The smallest absolute Gasteiger partial charge is 0.234 e. The lowest BCUT2D eigenvalue weighted by Gasteiger charge is -2.06. The van der Waals surface area contributed by atoms with Crippen molar-refractivity contribution in [2.24, 2.45) is 0 Å². The predicted molar refractivity (Wildman–Crippen MR) is 82.1 cm³/mol. The second-order valence-electron chi connectivity index (χ2n) is 4.25. The second-order valence-corrected chi connectivity index (χ2v) is 5.25. The van der Waals surface area contributed by atoms with Gasteiger partial charge in [-0.2, -0.15) is 0 Å². The molecule has 0 aliphatic carbocycles. The zero-order valence-corrected chi connectivity index (χ0v) is 12.5. The Morgan fingerprint density at radius 2 is 1.91 bits per heavy atom. The first kappa shape index (κ1) is 15.9. The molecule has 2 amide bonds. The maximum Gasteiger partial charge on any atom is 0.234 e. The molecule has 22 heavy (non-hydrogen) atoms. The minimum atomic E-state index is -0.486. The number of halogens is 1. The molecule has 0 saturated carbocycles. The molecule has 2 N–H and O–H groups in total. The fourth-order valence-electron chi connectivity index (χ4n) is 1.53. The molecule has 6 nitrogen and oxygen atoms in total. The molecule has 0 saturated heterocycles. The van der Waals surface area contributed by atoms with Gasteiger partial charge in [-0.05, 0) is 24.3 Å². The van der Waals surface area contributed by atoms with Gasteiger partial charge in [0.05, 0.1) is 11.4 Å². The van der Waals surface area contributed by atoms with E-state index in [4.69, 9.17) is 0 Å². The SMILES string of the molecule is CC(=O)Nc1ccc(SCC(=O)Nc2ccccc2F)nn1. The second kappa shape index (κ2) is 7.51. The van der Waals surface area contributed by atoms with Crippen LogP contribution in [0, 0.1) is 5.82 Å². The van der Waals surface area contributed by atoms with Crippen molar-refractivity contribution < 1.29 is 14.0 Å². The van der Waals surface area contributed by atoms with Gasteiger partial charge in [-0.1, -0.05) is 23.9 Å². The zero-order valence-electron chi connectivity index (χ0n) is 11.7. The highest BCUT2D eigenvalue weighted by atomic mass is 32.2. The van der Waals surface area contributed by atoms with Gasteiger partial charge in [0.2, 0.25) is 11.8 Å². The van der Waals surface area contributed by atoms with Crippen LogP contribution < -0.4 is 10.6 Å². The average Bonchev–Trinajstić information content (AvgIpc) is 2.48. The number of nitrogens with zero attached hydrogens (tertiary/aromatic N) is 2. The summed E-state index contributed by atoms with van der Waals surface area (Å²) >= 11 is 1.16. The first-order valence-electron chi connectivity index (χ1n) is 6.33. The fraction of sp³-hybridized carbons (Fsp3) is 0.143. The van der Waals surface area contributed by atoms with Crippen molar-refractivity contribution in [2.75, 3.05) is 16.4 Å². The molecule has 1 aromatic heterocycles. The fourth-order valence-corrected chi connectivity index (χ4v) is 2.15. The van der Waals surface area contributed by atoms with Gasteiger partial charge >= 0.3 is 0 Å². The van der Waals surface area contributed by atoms with E-state index in [1.807, 2.05) is 0 Å². The molecule has 0 radical (unpaired) electrons. The lowest BCUT2D eigenvalue weighted by Crippen LogP contribution is -2.15. The van der Waals surface area contributed by atoms with Crippen LogP contribution in [-0.2, 0) is 9.59 Å². The first-order chi connectivity index (χ1) is 10.5. The standard InChI is InChI=1S/C14H13FN4O2S/c1-9(20)16-12-6-7-14(19-18-12)22-8-13(21)17-11-5-3-2-4-10(11)15/h2-7H,8H2,1H3,(H,17,21)(H,16,18,20). The van der Waals surface area contributed by atoms with Gasteiger partial charge in [0.15, 0.2) is 5.82 Å². The summed E-state index contributed by atoms with van der Waals surface area (Å²) in [4.78, 5) is 22.6. The Hall–Kier alpha value is -2.48. The van der Waals surface area contributed by atoms with Crippen LogP contribution in [-0.4, -0.2) is 27.8 Å². The maximum atomic E-state index is 13.4. The number of benzene rings is 1. The highest BCUT2D eigenvalue weighted by molar-refractivity contribution is 7.99. The number of nitrogens with one attached hydrogen (secondary N) is 2. The average molecular weight is 320 g/mol. The van der Waals surface area contributed by atoms with E-state index in [1.165, 1.54) is 19.1 Å². The van der Waals surface area contributed by atoms with Gasteiger partial charge in [-0.15, -0.1) is 10.2 Å². The minimum Gasteiger partial charge on any atom is -0.323 e. The van der Waals surface area contributed by atoms with Gasteiger partial charge < -0.3 is 10.6 Å². The van der Waals surface area contributed by atoms with E-state index in [2.05, 4.69) is 20.8 Å². The van der Waals surface area contributed by atoms with Crippen LogP contribution in [0.25, 0.3) is 0 Å². The summed E-state index contributed by atoms with van der Waals surface area (Å²) in [7, 11) is 0. The Bertz CT molecular complexity index is 679. The Balaban J connectivity index is 1.86. The molecule has 0 unspecified atom stereocenters. The highest BCUT2D eigenvalue weighted by Gasteiger charge is 2.08. The number of hydrogen-bond acceptors (Lipinski definition) is 5. The molecule has 8 heteroatoms. The van der Waals surface area contributed by atoms with Gasteiger partial charge in [0.25, 0.3) is 0 Å². The molecule has 0 fully saturated rings. The number of carbonyl (C=O) groups is 2. The van der Waals surface area contributed by atoms with Crippen molar-refractivity contribution in [2.45, 2.75) is 11.9 Å². The molecule has 0 spiro atoms. The lowest BCUT2D eigenvalue weighted by molar-refractivity contribution is -0.114. The number of thioether (sulfide) groups is 1. The van der Waals surface area contributed by atoms with Crippen LogP contribution in [0.15, 0.2) is 41.4 Å². The van der Waals surface area contributed by atoms with E-state index >= 15 is 0 Å². The van der Waals surface area contributed by atoms with Crippen molar-refractivity contribution in [3.05, 3.63) is 42.2 Å². The number of anilines is 2. The summed E-state index contributed by atoms with van der Waals surface area (Å²) in [5.41, 5.74) is 0.139. The third-order valence-electron chi connectivity index (χ3n) is 2.44. The van der Waals surface area contributed by atoms with Crippen molar-refractivity contribution in [3.63, 3.8) is 0 Å². The molecule has 1 heterocycles. The molecular formula is C14H13FN4O2S. The van der Waals surface area contributed by atoms with Crippen LogP contribution in [0.2, 0.25) is 0 Å². The van der Waals surface area contributed by atoms with Gasteiger partial charge in [-0.3, -0.25) is 9.59 Å². The molecule has 0 atom stereocenters. The quantitative estimate of drug-likeness (QED) is 0.826. The Labute approximate surface area is 130 Å². The topological polar surface area (TPSA) is 84.0 Å². The van der Waals surface area contributed by atoms with Gasteiger partial charge in [0, 0.05) is 6.92 Å². The Morgan fingerprint density at radius 1 is 1.14 bits per heavy atom. The summed E-state index contributed by atoms with van der Waals surface area (Å²) in [6.07, 6.45) is 0. The largest absolute Gasteiger partial charge is 0.323 e. The summed E-state index contributed by atoms with van der Waals surface area (Å²) in [5.74, 6) is -0.655. The van der Waals surface area contributed by atoms with Crippen molar-refractivity contribution >= 4 is 35.1 Å². The van der Waals surface area contributed by atoms with Crippen molar-refractivity contribution in [1.82, 2.24) is 10.2 Å². The summed E-state index contributed by atoms with van der Waals surface area (Å²) in [5, 5.41) is 13.2. The van der Waals surface area contributed by atoms with E-state index in [9.17, 15) is 14.0 Å². The van der Waals surface area contributed by atoms with Crippen molar-refractivity contribution in [3.8, 4) is 0 Å². The van der Waals surface area contributed by atoms with E-state index < -0.39 is 5.82 Å². The highest BCUT2D eigenvalue weighted by Crippen LogP contribution is 2.17. The summed E-state index contributed by atoms with van der Waals surface area (Å²) in [6, 6.07) is 9.17. The third-order valence-corrected chi connectivity index (χ3v) is 3.36. The van der Waals surface area contributed by atoms with Crippen LogP contribution in [0.4, 0.5) is 15.9 Å². The predicted octanol–water partition coefficient (Wildman–Crippen LogP) is 2.30. The van der Waals surface area contributed by atoms with Crippen LogP contribution in [0.1, 0.15) is 6.92 Å². The molecule has 0 aliphatic heterocycles. The third kappa shape index (κ3) is 4.81. The van der Waals surface area contributed by atoms with Gasteiger partial charge in [-0.25, -0.2) is 4.39 Å². The normalized spacial score (nSPS) is 10.1. The number of para-hydroxylation sites is 1. The monoisotopic (exact) mass is 320 g/mol. The molecular weight excluding hydrogens is 307 g/mol. The van der Waals surface area contributed by atoms with Gasteiger partial charge in [0.1, 0.15) is 10.8 Å². The van der Waals surface area contributed by atoms with E-state index in [-0.39, 0.29) is 23.3 Å². The molecule has 0 aliphatic rings. The lowest BCUT2D eigenvalue weighted by atomic mass is 10.3. The van der Waals surface area contributed by atoms with E-state index in [0.29, 0.717) is 10.8 Å². The Morgan fingerprint density at radius 3 is 2.55 bits per heavy atom. The summed E-state index contributed by atoms with van der Waals surface area (Å²) < 4.78 is 13.4. The van der Waals surface area contributed by atoms with E-state index in [1.54, 1.807) is 24.3 Å². The van der Waals surface area contributed by atoms with Crippen LogP contribution in [0.5, 0.6) is 0 Å². The van der Waals surface area contributed by atoms with Crippen LogP contribution >= 0.6 is 11.8 Å². The Kier molecular flexibility index (Phi) is 5.42. The van der Waals surface area contributed by atoms with Crippen LogP contribution in [0.3, 0.4) is 0 Å². The molecule has 1 aromatic carbocycles. The molecule has 0 bridgehead atoms.